The van der Waals surface area contributed by atoms with Crippen LogP contribution < -0.4 is 0 Å². The van der Waals surface area contributed by atoms with Crippen LogP contribution in [0.25, 0.3) is 0 Å². The van der Waals surface area contributed by atoms with Gasteiger partial charge in [0.1, 0.15) is 6.23 Å². The van der Waals surface area contributed by atoms with Gasteiger partial charge in [0.15, 0.2) is 5.78 Å². The van der Waals surface area contributed by atoms with Crippen LogP contribution in [0.4, 0.5) is 0 Å². The van der Waals surface area contributed by atoms with Gasteiger partial charge in [-0.25, -0.2) is 0 Å². The van der Waals surface area contributed by atoms with E-state index in [1.54, 1.807) is 0 Å². The van der Waals surface area contributed by atoms with Crippen molar-refractivity contribution in [1.29, 1.82) is 0 Å². The van der Waals surface area contributed by atoms with Gasteiger partial charge >= 0.3 is 0 Å². The van der Waals surface area contributed by atoms with Crippen LogP contribution in [0.1, 0.15) is 19.8 Å². The van der Waals surface area contributed by atoms with Crippen LogP contribution in [-0.4, -0.2) is 40.6 Å². The number of rotatable bonds is 2. The van der Waals surface area contributed by atoms with Gasteiger partial charge in [-0.15, -0.1) is 0 Å². The van der Waals surface area contributed by atoms with E-state index in [0.29, 0.717) is 6.42 Å². The Morgan fingerprint density at radius 2 is 2.31 bits per heavy atom. The summed E-state index contributed by atoms with van der Waals surface area (Å²) >= 11 is 0. The average Bonchev–Trinajstić information content (AvgIpc) is 2.59. The molecule has 0 saturated carbocycles. The summed E-state index contributed by atoms with van der Waals surface area (Å²) < 4.78 is 5.56. The Morgan fingerprint density at radius 1 is 1.56 bits per heavy atom. The molecule has 88 valence electrons. The molecule has 0 bridgehead atoms. The summed E-state index contributed by atoms with van der Waals surface area (Å²) in [6, 6.07) is 0. The molecule has 0 aliphatic carbocycles. The highest BCUT2D eigenvalue weighted by Crippen LogP contribution is 2.29. The van der Waals surface area contributed by atoms with Crippen LogP contribution in [0.5, 0.6) is 0 Å². The zero-order chi connectivity index (χ0) is 11.7. The van der Waals surface area contributed by atoms with Crippen LogP contribution in [0.15, 0.2) is 12.3 Å². The van der Waals surface area contributed by atoms with E-state index < -0.39 is 0 Å². The molecule has 5 nitrogen and oxygen atoms in total. The Balaban J connectivity index is 2.07. The Bertz CT molecular complexity index is 339. The summed E-state index contributed by atoms with van der Waals surface area (Å²) in [7, 11) is 0. The van der Waals surface area contributed by atoms with E-state index in [1.807, 2.05) is 6.92 Å². The molecule has 1 N–H and O–H groups in total. The number of allylic oxidation sites excluding steroid dienone is 1. The molecule has 0 radical (unpaired) electrons. The fraction of sp³-hybridized carbons (Fsp3) is 0.636. The fourth-order valence-electron chi connectivity index (χ4n) is 2.07. The monoisotopic (exact) mass is 225 g/mol. The zero-order valence-corrected chi connectivity index (χ0v) is 9.13. The third-order valence-corrected chi connectivity index (χ3v) is 3.06. The summed E-state index contributed by atoms with van der Waals surface area (Å²) in [4.78, 5) is 24.1. The van der Waals surface area contributed by atoms with Gasteiger partial charge in [0.05, 0.1) is 19.1 Å². The van der Waals surface area contributed by atoms with Crippen molar-refractivity contribution in [3.05, 3.63) is 12.3 Å². The van der Waals surface area contributed by atoms with Crippen LogP contribution in [0.3, 0.4) is 0 Å². The van der Waals surface area contributed by atoms with E-state index in [2.05, 4.69) is 0 Å². The number of carbonyl (C=O) groups is 2. The number of aliphatic hydroxyl groups excluding tert-OH is 1. The number of hydrogen-bond acceptors (Lipinski definition) is 4. The van der Waals surface area contributed by atoms with Crippen molar-refractivity contribution < 1.29 is 19.4 Å². The Morgan fingerprint density at radius 3 is 2.88 bits per heavy atom. The molecule has 1 amide bonds. The molecule has 5 heteroatoms. The topological polar surface area (TPSA) is 66.8 Å². The second-order valence-corrected chi connectivity index (χ2v) is 4.28. The zero-order valence-electron chi connectivity index (χ0n) is 9.13. The molecule has 16 heavy (non-hydrogen) atoms. The van der Waals surface area contributed by atoms with Gasteiger partial charge in [0.2, 0.25) is 5.91 Å². The molecule has 0 aromatic rings. The van der Waals surface area contributed by atoms with E-state index in [4.69, 9.17) is 9.84 Å². The van der Waals surface area contributed by atoms with Gasteiger partial charge in [-0.2, -0.15) is 0 Å². The summed E-state index contributed by atoms with van der Waals surface area (Å²) in [5, 5.41) is 9.06. The quantitative estimate of drug-likeness (QED) is 0.674. The van der Waals surface area contributed by atoms with Gasteiger partial charge < -0.3 is 9.84 Å². The van der Waals surface area contributed by atoms with Crippen molar-refractivity contribution in [2.75, 3.05) is 6.61 Å². The van der Waals surface area contributed by atoms with E-state index in [9.17, 15) is 9.59 Å². The molecule has 2 rings (SSSR count). The van der Waals surface area contributed by atoms with Crippen molar-refractivity contribution in [2.45, 2.75) is 32.1 Å². The lowest BCUT2D eigenvalue weighted by Crippen LogP contribution is -2.39. The second-order valence-electron chi connectivity index (χ2n) is 4.28. The summed E-state index contributed by atoms with van der Waals surface area (Å²) in [6.07, 6.45) is 2.91. The van der Waals surface area contributed by atoms with Crippen LogP contribution in [0, 0.1) is 5.92 Å². The van der Waals surface area contributed by atoms with Crippen molar-refractivity contribution >= 4 is 11.7 Å². The van der Waals surface area contributed by atoms with Gasteiger partial charge in [-0.1, -0.05) is 6.92 Å². The molecule has 1 fully saturated rings. The van der Waals surface area contributed by atoms with E-state index in [-0.39, 0.29) is 43.0 Å². The lowest BCUT2D eigenvalue weighted by molar-refractivity contribution is -0.143. The molecule has 0 aromatic heterocycles. The number of hydrogen-bond donors (Lipinski definition) is 1. The summed E-state index contributed by atoms with van der Waals surface area (Å²) in [6.45, 7) is 1.94. The third-order valence-electron chi connectivity index (χ3n) is 3.06. The normalized spacial score (nSPS) is 34.9. The fourth-order valence-corrected chi connectivity index (χ4v) is 2.07. The van der Waals surface area contributed by atoms with Gasteiger partial charge in [0, 0.05) is 6.20 Å². The minimum Gasteiger partial charge on any atom is -0.394 e. The first-order chi connectivity index (χ1) is 7.61. The maximum absolute atomic E-state index is 11.6. The first-order valence-corrected chi connectivity index (χ1v) is 5.40. The highest BCUT2D eigenvalue weighted by molar-refractivity contribution is 6.06. The first kappa shape index (κ1) is 11.3. The number of aliphatic hydroxyl groups is 1. The molecule has 2 heterocycles. The predicted octanol–water partition coefficient (Wildman–Crippen LogP) is 0.0449. The van der Waals surface area contributed by atoms with E-state index >= 15 is 0 Å². The molecule has 3 atom stereocenters. The van der Waals surface area contributed by atoms with Crippen LogP contribution >= 0.6 is 0 Å². The third kappa shape index (κ3) is 2.01. The number of ether oxygens (including phenoxy) is 1. The lowest BCUT2D eigenvalue weighted by atomic mass is 10.0. The lowest BCUT2D eigenvalue weighted by Gasteiger charge is -2.27. The maximum Gasteiger partial charge on any atom is 0.236 e. The minimum atomic E-state index is -0.344. The second kappa shape index (κ2) is 4.35. The predicted molar refractivity (Wildman–Crippen MR) is 55.1 cm³/mol. The average molecular weight is 225 g/mol. The Hall–Kier alpha value is -1.20. The minimum absolute atomic E-state index is 0.0393. The molecular weight excluding hydrogens is 210 g/mol. The van der Waals surface area contributed by atoms with Crippen LogP contribution in [0.2, 0.25) is 0 Å². The highest BCUT2D eigenvalue weighted by atomic mass is 16.5. The van der Waals surface area contributed by atoms with Crippen molar-refractivity contribution in [3.8, 4) is 0 Å². The number of ketones is 1. The summed E-state index contributed by atoms with van der Waals surface area (Å²) in [5.74, 6) is -0.192. The number of nitrogens with zero attached hydrogens (tertiary/aromatic N) is 1. The molecule has 2 aliphatic heterocycles. The molecule has 1 saturated heterocycles. The first-order valence-electron chi connectivity index (χ1n) is 5.40. The van der Waals surface area contributed by atoms with Gasteiger partial charge in [-0.3, -0.25) is 14.5 Å². The maximum atomic E-state index is 11.6. The molecule has 2 aliphatic rings. The summed E-state index contributed by atoms with van der Waals surface area (Å²) in [5.41, 5.74) is 0. The number of amides is 1. The Labute approximate surface area is 93.7 Å². The highest BCUT2D eigenvalue weighted by Gasteiger charge is 2.37. The van der Waals surface area contributed by atoms with Crippen molar-refractivity contribution in [3.63, 3.8) is 0 Å². The molecular formula is C11H15NO4. The standard InChI is InChI=1S/C11H15NO4/c1-7-4-11(16-9(7)6-13)12-3-2-8(14)5-10(12)15/h2-3,7,9,11,13H,4-6H2,1H3/t7-,9+,11+/m0/s1. The smallest absolute Gasteiger partial charge is 0.236 e. The molecule has 0 unspecified atom stereocenters. The van der Waals surface area contributed by atoms with Gasteiger partial charge in [-0.05, 0) is 18.4 Å². The van der Waals surface area contributed by atoms with Crippen molar-refractivity contribution in [2.24, 2.45) is 5.92 Å². The Kier molecular flexibility index (Phi) is 3.07. The SMILES string of the molecule is C[C@H]1C[C@H](N2C=CC(=O)CC2=O)O[C@@H]1CO. The van der Waals surface area contributed by atoms with Crippen molar-refractivity contribution in [1.82, 2.24) is 4.90 Å². The molecule has 0 aromatic carbocycles. The van der Waals surface area contributed by atoms with E-state index in [1.165, 1.54) is 17.2 Å². The van der Waals surface area contributed by atoms with Gasteiger partial charge in [0.25, 0.3) is 0 Å². The number of carbonyl (C=O) groups excluding carboxylic acids is 2. The largest absolute Gasteiger partial charge is 0.394 e. The van der Waals surface area contributed by atoms with Crippen LogP contribution in [-0.2, 0) is 14.3 Å². The van der Waals surface area contributed by atoms with E-state index in [0.717, 1.165) is 0 Å². The molecule has 0 spiro atoms.